The Balaban J connectivity index is 2.79. The fraction of sp³-hybridized carbons (Fsp3) is 0.357. The van der Waals surface area contributed by atoms with Gasteiger partial charge < -0.3 is 10.1 Å². The number of esters is 1. The fourth-order valence-electron chi connectivity index (χ4n) is 1.73. The van der Waals surface area contributed by atoms with Gasteiger partial charge in [0.05, 0.1) is 13.2 Å². The molecule has 1 aromatic rings. The summed E-state index contributed by atoms with van der Waals surface area (Å²) >= 11 is 5.80. The summed E-state index contributed by atoms with van der Waals surface area (Å²) < 4.78 is 4.44. The van der Waals surface area contributed by atoms with E-state index in [4.69, 9.17) is 11.6 Å². The minimum absolute atomic E-state index is 0.0241. The topological polar surface area (TPSA) is 72.5 Å². The average Bonchev–Trinajstić information content (AvgIpc) is 2.38. The van der Waals surface area contributed by atoms with Crippen LogP contribution in [0.15, 0.2) is 24.3 Å². The number of ether oxygens (including phenoxy) is 1. The largest absolute Gasteiger partial charge is 0.469 e. The number of methoxy groups -OCH3 is 1. The van der Waals surface area contributed by atoms with Gasteiger partial charge in [0.1, 0.15) is 12.2 Å². The summed E-state index contributed by atoms with van der Waals surface area (Å²) in [5.74, 6) is -1.14. The van der Waals surface area contributed by atoms with Crippen molar-refractivity contribution in [3.05, 3.63) is 34.9 Å². The van der Waals surface area contributed by atoms with Crippen molar-refractivity contribution in [1.29, 1.82) is 0 Å². The van der Waals surface area contributed by atoms with Crippen molar-refractivity contribution in [3.63, 3.8) is 0 Å². The monoisotopic (exact) mass is 297 g/mol. The molecular weight excluding hydrogens is 282 g/mol. The van der Waals surface area contributed by atoms with Gasteiger partial charge in [-0.15, -0.1) is 0 Å². The van der Waals surface area contributed by atoms with E-state index in [2.05, 4.69) is 10.1 Å². The minimum Gasteiger partial charge on any atom is -0.469 e. The van der Waals surface area contributed by atoms with Crippen LogP contribution in [0.25, 0.3) is 0 Å². The molecule has 0 radical (unpaired) electrons. The van der Waals surface area contributed by atoms with Gasteiger partial charge in [-0.25, -0.2) is 0 Å². The first-order valence-electron chi connectivity index (χ1n) is 6.03. The third-order valence-electron chi connectivity index (χ3n) is 2.65. The lowest BCUT2D eigenvalue weighted by Gasteiger charge is -2.17. The van der Waals surface area contributed by atoms with Crippen LogP contribution < -0.4 is 5.32 Å². The van der Waals surface area contributed by atoms with E-state index < -0.39 is 12.0 Å². The van der Waals surface area contributed by atoms with Crippen molar-refractivity contribution in [2.45, 2.75) is 25.8 Å². The Morgan fingerprint density at radius 2 is 1.85 bits per heavy atom. The highest BCUT2D eigenvalue weighted by Gasteiger charge is 2.19. The smallest absolute Gasteiger partial charge is 0.313 e. The number of nitrogens with one attached hydrogen (secondary N) is 1. The second kappa shape index (κ2) is 7.65. The Hall–Kier alpha value is -1.88. The zero-order valence-corrected chi connectivity index (χ0v) is 12.1. The van der Waals surface area contributed by atoms with Crippen LogP contribution in [-0.4, -0.2) is 24.8 Å². The molecule has 1 aromatic carbocycles. The number of amides is 1. The van der Waals surface area contributed by atoms with Crippen LogP contribution in [0.5, 0.6) is 0 Å². The number of carbonyl (C=O) groups excluding carboxylic acids is 3. The van der Waals surface area contributed by atoms with Gasteiger partial charge >= 0.3 is 5.97 Å². The molecule has 108 valence electrons. The molecule has 1 amide bonds. The Bertz CT molecular complexity index is 498. The van der Waals surface area contributed by atoms with Crippen molar-refractivity contribution in [2.75, 3.05) is 7.11 Å². The first-order chi connectivity index (χ1) is 9.42. The van der Waals surface area contributed by atoms with Gasteiger partial charge in [-0.2, -0.15) is 0 Å². The van der Waals surface area contributed by atoms with Gasteiger partial charge in [0, 0.05) is 18.4 Å². The number of benzene rings is 1. The van der Waals surface area contributed by atoms with Gasteiger partial charge in [-0.1, -0.05) is 23.7 Å². The average molecular weight is 298 g/mol. The summed E-state index contributed by atoms with van der Waals surface area (Å²) in [6, 6.07) is 6.33. The Morgan fingerprint density at radius 3 is 2.35 bits per heavy atom. The molecule has 0 heterocycles. The SMILES string of the molecule is COC(=O)CC(=O)CC(NC(C)=O)c1ccc(Cl)cc1. The maximum absolute atomic E-state index is 11.8. The van der Waals surface area contributed by atoms with E-state index >= 15 is 0 Å². The molecule has 6 heteroatoms. The molecule has 0 fully saturated rings. The zero-order chi connectivity index (χ0) is 15.1. The van der Waals surface area contributed by atoms with Gasteiger partial charge in [0.15, 0.2) is 0 Å². The third kappa shape index (κ3) is 5.40. The van der Waals surface area contributed by atoms with Crippen molar-refractivity contribution in [3.8, 4) is 0 Å². The van der Waals surface area contributed by atoms with E-state index in [9.17, 15) is 14.4 Å². The molecule has 0 saturated heterocycles. The number of ketones is 1. The summed E-state index contributed by atoms with van der Waals surface area (Å²) in [7, 11) is 1.22. The van der Waals surface area contributed by atoms with E-state index in [1.54, 1.807) is 24.3 Å². The zero-order valence-electron chi connectivity index (χ0n) is 11.3. The number of Topliss-reactive ketones (excluding diaryl/α,β-unsaturated/α-hetero) is 1. The maximum Gasteiger partial charge on any atom is 0.313 e. The number of hydrogen-bond donors (Lipinski definition) is 1. The number of rotatable bonds is 6. The molecular formula is C14H16ClNO4. The summed E-state index contributed by atoms with van der Waals surface area (Å²) in [6.45, 7) is 1.37. The van der Waals surface area contributed by atoms with Gasteiger partial charge in [0.2, 0.25) is 5.91 Å². The molecule has 1 rings (SSSR count). The van der Waals surface area contributed by atoms with Crippen molar-refractivity contribution in [1.82, 2.24) is 5.32 Å². The number of halogens is 1. The first kappa shape index (κ1) is 16.2. The fourth-order valence-corrected chi connectivity index (χ4v) is 1.85. The quantitative estimate of drug-likeness (QED) is 0.644. The maximum atomic E-state index is 11.8. The summed E-state index contributed by atoms with van der Waals surface area (Å²) in [4.78, 5) is 34.0. The van der Waals surface area contributed by atoms with E-state index in [0.717, 1.165) is 5.56 Å². The normalized spacial score (nSPS) is 11.6. The third-order valence-corrected chi connectivity index (χ3v) is 2.90. The van der Waals surface area contributed by atoms with E-state index in [0.29, 0.717) is 5.02 Å². The first-order valence-corrected chi connectivity index (χ1v) is 6.41. The Kier molecular flexibility index (Phi) is 6.18. The van der Waals surface area contributed by atoms with E-state index in [1.165, 1.54) is 14.0 Å². The summed E-state index contributed by atoms with van der Waals surface area (Å²) in [5.41, 5.74) is 0.753. The van der Waals surface area contributed by atoms with E-state index in [1.807, 2.05) is 0 Å². The number of carbonyl (C=O) groups is 3. The van der Waals surface area contributed by atoms with Crippen LogP contribution in [0.3, 0.4) is 0 Å². The lowest BCUT2D eigenvalue weighted by molar-refractivity contribution is -0.143. The highest BCUT2D eigenvalue weighted by molar-refractivity contribution is 6.30. The highest BCUT2D eigenvalue weighted by atomic mass is 35.5. The molecule has 0 aliphatic carbocycles. The van der Waals surface area contributed by atoms with Crippen LogP contribution in [0, 0.1) is 0 Å². The lowest BCUT2D eigenvalue weighted by Crippen LogP contribution is -2.28. The second-order valence-corrected chi connectivity index (χ2v) is 4.74. The van der Waals surface area contributed by atoms with Crippen LogP contribution in [0.2, 0.25) is 5.02 Å². The van der Waals surface area contributed by atoms with Gasteiger partial charge in [0.25, 0.3) is 0 Å². The predicted octanol–water partition coefficient (Wildman–Crippen LogP) is 2.04. The molecule has 0 saturated carbocycles. The van der Waals surface area contributed by atoms with Crippen molar-refractivity contribution in [2.24, 2.45) is 0 Å². The summed E-state index contributed by atoms with van der Waals surface area (Å²) in [5, 5.41) is 3.25. The highest BCUT2D eigenvalue weighted by Crippen LogP contribution is 2.20. The van der Waals surface area contributed by atoms with Crippen molar-refractivity contribution < 1.29 is 19.1 Å². The molecule has 1 atom stereocenters. The summed E-state index contributed by atoms with van der Waals surface area (Å²) in [6.07, 6.45) is -0.281. The predicted molar refractivity (Wildman–Crippen MR) is 74.3 cm³/mol. The van der Waals surface area contributed by atoms with Crippen LogP contribution >= 0.6 is 11.6 Å². The lowest BCUT2D eigenvalue weighted by atomic mass is 10.00. The second-order valence-electron chi connectivity index (χ2n) is 4.30. The molecule has 20 heavy (non-hydrogen) atoms. The molecule has 1 N–H and O–H groups in total. The molecule has 1 unspecified atom stereocenters. The van der Waals surface area contributed by atoms with Crippen LogP contribution in [0.1, 0.15) is 31.4 Å². The Morgan fingerprint density at radius 1 is 1.25 bits per heavy atom. The molecule has 0 spiro atoms. The molecule has 5 nitrogen and oxygen atoms in total. The van der Waals surface area contributed by atoms with Crippen LogP contribution in [-0.2, 0) is 19.1 Å². The van der Waals surface area contributed by atoms with Crippen molar-refractivity contribution >= 4 is 29.3 Å². The molecule has 0 bridgehead atoms. The van der Waals surface area contributed by atoms with Gasteiger partial charge in [-0.05, 0) is 17.7 Å². The standard InChI is InChI=1S/C14H16ClNO4/c1-9(17)16-13(7-12(18)8-14(19)20-2)10-3-5-11(15)6-4-10/h3-6,13H,7-8H2,1-2H3,(H,16,17). The minimum atomic E-state index is -0.590. The number of hydrogen-bond acceptors (Lipinski definition) is 4. The molecule has 0 aromatic heterocycles. The molecule has 0 aliphatic rings. The molecule has 0 aliphatic heterocycles. The van der Waals surface area contributed by atoms with Gasteiger partial charge in [-0.3, -0.25) is 14.4 Å². The van der Waals surface area contributed by atoms with Crippen LogP contribution in [0.4, 0.5) is 0 Å². The Labute approximate surface area is 122 Å². The van der Waals surface area contributed by atoms with E-state index in [-0.39, 0.29) is 24.5 Å².